The number of nitro benzene ring substituents is 1. The van der Waals surface area contributed by atoms with Crippen molar-refractivity contribution in [3.8, 4) is 0 Å². The van der Waals surface area contributed by atoms with Crippen LogP contribution < -0.4 is 0 Å². The highest BCUT2D eigenvalue weighted by molar-refractivity contribution is 9.10. The van der Waals surface area contributed by atoms with Gasteiger partial charge in [-0.05, 0) is 23.8 Å². The number of hydrogen-bond acceptors (Lipinski definition) is 4. The number of hydrogen-bond donors (Lipinski definition) is 0. The molecule has 0 aliphatic carbocycles. The number of nitrogens with zero attached hydrogens (tertiary/aromatic N) is 2. The molecule has 1 aliphatic rings. The molecule has 0 bridgehead atoms. The zero-order valence-corrected chi connectivity index (χ0v) is 13.6. The largest absolute Gasteiger partial charge is 0.269 e. The maximum atomic E-state index is 12.5. The summed E-state index contributed by atoms with van der Waals surface area (Å²) in [5.74, 6) is 0. The Hall–Kier alpha value is -1.77. The van der Waals surface area contributed by atoms with Gasteiger partial charge >= 0.3 is 0 Å². The lowest BCUT2D eigenvalue weighted by Gasteiger charge is -2.07. The standard InChI is InChI=1S/C14H11BrN2O4S/c15-13-4-2-1-3-12(13)14-9-16(14)22(20,21)11-7-5-10(6-8-11)17(18)19/h1-8,14H,9H2/t14-,16?/m0/s1. The van der Waals surface area contributed by atoms with E-state index in [0.29, 0.717) is 6.54 Å². The van der Waals surface area contributed by atoms with E-state index in [1.54, 1.807) is 0 Å². The third-order valence-corrected chi connectivity index (χ3v) is 6.10. The second kappa shape index (κ2) is 5.45. The average Bonchev–Trinajstić information content (AvgIpc) is 3.29. The number of sulfonamides is 1. The van der Waals surface area contributed by atoms with Crippen molar-refractivity contribution in [1.29, 1.82) is 0 Å². The second-order valence-electron chi connectivity index (χ2n) is 4.86. The van der Waals surface area contributed by atoms with Crippen LogP contribution in [0.5, 0.6) is 0 Å². The molecule has 0 N–H and O–H groups in total. The van der Waals surface area contributed by atoms with E-state index < -0.39 is 14.9 Å². The molecule has 6 nitrogen and oxygen atoms in total. The molecule has 0 aromatic heterocycles. The fraction of sp³-hybridized carbons (Fsp3) is 0.143. The Morgan fingerprint density at radius 3 is 2.36 bits per heavy atom. The molecular weight excluding hydrogens is 372 g/mol. The van der Waals surface area contributed by atoms with Crippen molar-refractivity contribution in [2.24, 2.45) is 0 Å². The van der Waals surface area contributed by atoms with Gasteiger partial charge in [0.1, 0.15) is 0 Å². The van der Waals surface area contributed by atoms with Crippen LogP contribution >= 0.6 is 15.9 Å². The van der Waals surface area contributed by atoms with E-state index in [2.05, 4.69) is 15.9 Å². The predicted molar refractivity (Wildman–Crippen MR) is 83.9 cm³/mol. The van der Waals surface area contributed by atoms with Gasteiger partial charge in [0.15, 0.2) is 0 Å². The molecule has 2 aromatic carbocycles. The highest BCUT2D eigenvalue weighted by atomic mass is 79.9. The number of rotatable bonds is 4. The molecule has 0 spiro atoms. The van der Waals surface area contributed by atoms with Crippen molar-refractivity contribution >= 4 is 31.6 Å². The minimum absolute atomic E-state index is 0.0626. The van der Waals surface area contributed by atoms with E-state index in [9.17, 15) is 18.5 Å². The van der Waals surface area contributed by atoms with Gasteiger partial charge in [-0.3, -0.25) is 10.1 Å². The first-order valence-electron chi connectivity index (χ1n) is 6.42. The molecule has 2 aromatic rings. The first-order valence-corrected chi connectivity index (χ1v) is 8.65. The molecule has 8 heteroatoms. The summed E-state index contributed by atoms with van der Waals surface area (Å²) >= 11 is 3.42. The Labute approximate surface area is 135 Å². The van der Waals surface area contributed by atoms with Crippen LogP contribution in [0, 0.1) is 10.1 Å². The molecular formula is C14H11BrN2O4S. The maximum absolute atomic E-state index is 12.5. The number of non-ortho nitro benzene ring substituents is 1. The summed E-state index contributed by atoms with van der Waals surface area (Å²) in [6.45, 7) is 0.405. The monoisotopic (exact) mass is 382 g/mol. The van der Waals surface area contributed by atoms with Gasteiger partial charge in [-0.25, -0.2) is 8.42 Å². The van der Waals surface area contributed by atoms with E-state index in [0.717, 1.165) is 10.0 Å². The van der Waals surface area contributed by atoms with Crippen LogP contribution in [0.25, 0.3) is 0 Å². The van der Waals surface area contributed by atoms with Crippen molar-refractivity contribution in [3.63, 3.8) is 0 Å². The minimum atomic E-state index is -3.63. The summed E-state index contributed by atoms with van der Waals surface area (Å²) in [6.07, 6.45) is 0. The summed E-state index contributed by atoms with van der Waals surface area (Å²) in [7, 11) is -3.63. The lowest BCUT2D eigenvalue weighted by molar-refractivity contribution is -0.384. The highest BCUT2D eigenvalue weighted by Gasteiger charge is 2.46. The summed E-state index contributed by atoms with van der Waals surface area (Å²) in [5.41, 5.74) is 0.778. The summed E-state index contributed by atoms with van der Waals surface area (Å²) < 4.78 is 27.3. The third-order valence-electron chi connectivity index (χ3n) is 3.49. The van der Waals surface area contributed by atoms with Crippen LogP contribution in [-0.2, 0) is 10.0 Å². The van der Waals surface area contributed by atoms with Crippen LogP contribution in [0.15, 0.2) is 57.9 Å². The first kappa shape index (κ1) is 15.1. The van der Waals surface area contributed by atoms with Gasteiger partial charge in [0, 0.05) is 23.2 Å². The molecule has 0 radical (unpaired) electrons. The molecule has 1 heterocycles. The van der Waals surface area contributed by atoms with E-state index in [1.807, 2.05) is 24.3 Å². The SMILES string of the molecule is O=[N+]([O-])c1ccc(S(=O)(=O)N2C[C@H]2c2ccccc2Br)cc1. The lowest BCUT2D eigenvalue weighted by Crippen LogP contribution is -2.12. The zero-order chi connectivity index (χ0) is 15.9. The topological polar surface area (TPSA) is 80.3 Å². The molecule has 0 saturated carbocycles. The highest BCUT2D eigenvalue weighted by Crippen LogP contribution is 2.42. The van der Waals surface area contributed by atoms with Gasteiger partial charge in [0.25, 0.3) is 5.69 Å². The van der Waals surface area contributed by atoms with Gasteiger partial charge in [-0.1, -0.05) is 34.1 Å². The Morgan fingerprint density at radius 2 is 1.77 bits per heavy atom. The van der Waals surface area contributed by atoms with Crippen LogP contribution in [0.2, 0.25) is 0 Å². The maximum Gasteiger partial charge on any atom is 0.269 e. The van der Waals surface area contributed by atoms with Gasteiger partial charge < -0.3 is 0 Å². The quantitative estimate of drug-likeness (QED) is 0.462. The Kier molecular flexibility index (Phi) is 3.75. The Balaban J connectivity index is 1.86. The van der Waals surface area contributed by atoms with E-state index in [-0.39, 0.29) is 16.6 Å². The second-order valence-corrected chi connectivity index (χ2v) is 7.61. The Morgan fingerprint density at radius 1 is 1.14 bits per heavy atom. The summed E-state index contributed by atoms with van der Waals surface area (Å²) in [5, 5.41) is 10.6. The molecule has 2 atom stereocenters. The average molecular weight is 383 g/mol. The smallest absolute Gasteiger partial charge is 0.258 e. The van der Waals surface area contributed by atoms with Gasteiger partial charge in [-0.2, -0.15) is 4.31 Å². The minimum Gasteiger partial charge on any atom is -0.258 e. The van der Waals surface area contributed by atoms with E-state index in [4.69, 9.17) is 0 Å². The van der Waals surface area contributed by atoms with Crippen molar-refractivity contribution in [2.75, 3.05) is 6.54 Å². The third kappa shape index (κ3) is 2.65. The van der Waals surface area contributed by atoms with Crippen molar-refractivity contribution in [1.82, 2.24) is 4.31 Å². The molecule has 1 saturated heterocycles. The van der Waals surface area contributed by atoms with Crippen LogP contribution in [0.3, 0.4) is 0 Å². The van der Waals surface area contributed by atoms with Crippen molar-refractivity contribution in [3.05, 3.63) is 68.7 Å². The van der Waals surface area contributed by atoms with Crippen molar-refractivity contribution in [2.45, 2.75) is 10.9 Å². The molecule has 22 heavy (non-hydrogen) atoms. The lowest BCUT2D eigenvalue weighted by atomic mass is 10.2. The van der Waals surface area contributed by atoms with E-state index in [1.165, 1.54) is 28.6 Å². The number of halogens is 1. The Bertz CT molecular complexity index is 836. The van der Waals surface area contributed by atoms with Crippen molar-refractivity contribution < 1.29 is 13.3 Å². The summed E-state index contributed by atoms with van der Waals surface area (Å²) in [6, 6.07) is 12.2. The predicted octanol–water partition coefficient (Wildman–Crippen LogP) is 3.10. The first-order chi connectivity index (χ1) is 10.4. The fourth-order valence-electron chi connectivity index (χ4n) is 2.26. The molecule has 1 unspecified atom stereocenters. The number of benzene rings is 2. The van der Waals surface area contributed by atoms with Crippen LogP contribution in [-0.4, -0.2) is 24.2 Å². The van der Waals surface area contributed by atoms with Gasteiger partial charge in [0.2, 0.25) is 10.0 Å². The molecule has 114 valence electrons. The molecule has 0 amide bonds. The van der Waals surface area contributed by atoms with Gasteiger partial charge in [-0.15, -0.1) is 0 Å². The zero-order valence-electron chi connectivity index (χ0n) is 11.2. The number of nitro groups is 1. The van der Waals surface area contributed by atoms with E-state index >= 15 is 0 Å². The van der Waals surface area contributed by atoms with Gasteiger partial charge in [0.05, 0.1) is 15.9 Å². The normalized spacial score (nSPS) is 20.6. The van der Waals surface area contributed by atoms with Crippen LogP contribution in [0.4, 0.5) is 5.69 Å². The summed E-state index contributed by atoms with van der Waals surface area (Å²) in [4.78, 5) is 10.1. The molecule has 3 rings (SSSR count). The fourth-order valence-corrected chi connectivity index (χ4v) is 4.35. The van der Waals surface area contributed by atoms with Crippen LogP contribution in [0.1, 0.15) is 11.6 Å². The molecule has 1 fully saturated rings. The molecule has 1 aliphatic heterocycles.